The third kappa shape index (κ3) is 2.03. The molecule has 0 radical (unpaired) electrons. The summed E-state index contributed by atoms with van der Waals surface area (Å²) in [6, 6.07) is 10.6. The van der Waals surface area contributed by atoms with Crippen LogP contribution in [0, 0.1) is 11.8 Å². The van der Waals surface area contributed by atoms with E-state index in [4.69, 9.17) is 4.98 Å². The minimum absolute atomic E-state index is 0.285. The Morgan fingerprint density at radius 1 is 1.23 bits per heavy atom. The van der Waals surface area contributed by atoms with Gasteiger partial charge in [-0.3, -0.25) is 0 Å². The summed E-state index contributed by atoms with van der Waals surface area (Å²) in [4.78, 5) is 4.89. The average Bonchev–Trinajstić information content (AvgIpc) is 2.93. The topological polar surface area (TPSA) is 38.0 Å². The van der Waals surface area contributed by atoms with Crippen LogP contribution in [-0.4, -0.2) is 21.3 Å². The number of nitrogens with zero attached hydrogens (tertiary/aromatic N) is 2. The maximum atomic E-state index is 9.38. The van der Waals surface area contributed by atoms with Gasteiger partial charge < -0.3 is 9.67 Å². The predicted octanol–water partition coefficient (Wildman–Crippen LogP) is 3.72. The molecule has 114 valence electrons. The fraction of sp³-hybridized carbons (Fsp3) is 0.421. The van der Waals surface area contributed by atoms with Gasteiger partial charge in [-0.05, 0) is 36.8 Å². The monoisotopic (exact) mass is 294 g/mol. The Labute approximate surface area is 130 Å². The summed E-state index contributed by atoms with van der Waals surface area (Å²) in [5.74, 6) is 1.23. The first-order valence-electron chi connectivity index (χ1n) is 8.29. The first-order chi connectivity index (χ1) is 10.8. The Morgan fingerprint density at radius 2 is 2.09 bits per heavy atom. The molecule has 3 aliphatic rings. The first kappa shape index (κ1) is 13.8. The lowest BCUT2D eigenvalue weighted by atomic mass is 9.80. The molecule has 3 heterocycles. The van der Waals surface area contributed by atoms with Crippen molar-refractivity contribution in [1.82, 2.24) is 9.55 Å². The molecule has 2 atom stereocenters. The van der Waals surface area contributed by atoms with E-state index in [9.17, 15) is 5.11 Å². The van der Waals surface area contributed by atoms with Crippen molar-refractivity contribution in [2.24, 2.45) is 11.8 Å². The van der Waals surface area contributed by atoms with Crippen molar-refractivity contribution in [2.75, 3.05) is 6.61 Å². The molecule has 0 saturated carbocycles. The molecular formula is C19H22N2O. The van der Waals surface area contributed by atoms with Crippen molar-refractivity contribution >= 4 is 10.9 Å². The zero-order valence-corrected chi connectivity index (χ0v) is 13.0. The molecule has 0 fully saturated rings. The molecule has 3 heteroatoms. The Bertz CT molecular complexity index is 776. The lowest BCUT2D eigenvalue weighted by molar-refractivity contribution is 0.182. The number of benzene rings is 1. The zero-order chi connectivity index (χ0) is 15.1. The van der Waals surface area contributed by atoms with Crippen molar-refractivity contribution in [2.45, 2.75) is 32.7 Å². The molecule has 3 nitrogen and oxygen atoms in total. The van der Waals surface area contributed by atoms with Crippen LogP contribution in [0.15, 0.2) is 36.5 Å². The van der Waals surface area contributed by atoms with Gasteiger partial charge in [0.25, 0.3) is 0 Å². The maximum absolute atomic E-state index is 9.38. The summed E-state index contributed by atoms with van der Waals surface area (Å²) in [6.07, 6.45) is 5.32. The lowest BCUT2D eigenvalue weighted by Gasteiger charge is -2.34. The van der Waals surface area contributed by atoms with E-state index in [2.05, 4.69) is 48.0 Å². The predicted molar refractivity (Wildman–Crippen MR) is 89.0 cm³/mol. The largest absolute Gasteiger partial charge is 0.396 e. The Hall–Kier alpha value is -1.87. The van der Waals surface area contributed by atoms with Gasteiger partial charge in [-0.25, -0.2) is 4.98 Å². The highest BCUT2D eigenvalue weighted by molar-refractivity contribution is 5.97. The van der Waals surface area contributed by atoms with E-state index in [1.54, 1.807) is 0 Å². The van der Waals surface area contributed by atoms with E-state index < -0.39 is 0 Å². The van der Waals surface area contributed by atoms with Crippen LogP contribution in [0.5, 0.6) is 0 Å². The van der Waals surface area contributed by atoms with Crippen LogP contribution < -0.4 is 0 Å². The minimum Gasteiger partial charge on any atom is -0.396 e. The Morgan fingerprint density at radius 3 is 2.91 bits per heavy atom. The summed E-state index contributed by atoms with van der Waals surface area (Å²) >= 11 is 0. The summed E-state index contributed by atoms with van der Waals surface area (Å²) in [7, 11) is 0. The fourth-order valence-electron chi connectivity index (χ4n) is 4.05. The van der Waals surface area contributed by atoms with E-state index in [-0.39, 0.29) is 6.61 Å². The Kier molecular flexibility index (Phi) is 3.38. The molecule has 0 saturated heterocycles. The molecule has 1 N–H and O–H groups in total. The highest BCUT2D eigenvalue weighted by Gasteiger charge is 2.30. The number of rotatable bonds is 3. The molecule has 3 aliphatic heterocycles. The molecule has 22 heavy (non-hydrogen) atoms. The van der Waals surface area contributed by atoms with Crippen LogP contribution in [0.4, 0.5) is 0 Å². The normalized spacial score (nSPS) is 21.4. The van der Waals surface area contributed by atoms with Gasteiger partial charge >= 0.3 is 0 Å². The van der Waals surface area contributed by atoms with Crippen molar-refractivity contribution in [3.05, 3.63) is 42.2 Å². The van der Waals surface area contributed by atoms with Crippen molar-refractivity contribution in [1.29, 1.82) is 0 Å². The van der Waals surface area contributed by atoms with Gasteiger partial charge in [0.15, 0.2) is 0 Å². The summed E-state index contributed by atoms with van der Waals surface area (Å²) in [6.45, 7) is 3.59. The molecule has 0 amide bonds. The second kappa shape index (κ2) is 5.40. The smallest absolute Gasteiger partial charge is 0.0911 e. The van der Waals surface area contributed by atoms with Gasteiger partial charge in [-0.2, -0.15) is 0 Å². The van der Waals surface area contributed by atoms with Gasteiger partial charge in [-0.1, -0.05) is 31.5 Å². The van der Waals surface area contributed by atoms with Crippen LogP contribution in [0.3, 0.4) is 0 Å². The second-order valence-electron chi connectivity index (χ2n) is 6.45. The molecule has 4 rings (SSSR count). The van der Waals surface area contributed by atoms with E-state index in [1.165, 1.54) is 23.1 Å². The third-order valence-electron chi connectivity index (χ3n) is 5.30. The number of hydrogen-bond donors (Lipinski definition) is 1. The van der Waals surface area contributed by atoms with Crippen LogP contribution in [-0.2, 0) is 13.0 Å². The summed E-state index contributed by atoms with van der Waals surface area (Å²) in [5.41, 5.74) is 4.85. The van der Waals surface area contributed by atoms with Gasteiger partial charge in [0.1, 0.15) is 0 Å². The number of aliphatic hydroxyl groups excluding tert-OH is 1. The number of aliphatic hydroxyl groups is 1. The minimum atomic E-state index is 0.285. The number of fused-ring (bicyclic) bond motifs is 5. The van der Waals surface area contributed by atoms with Gasteiger partial charge in [0.05, 0.1) is 11.2 Å². The molecule has 1 aromatic rings. The van der Waals surface area contributed by atoms with Crippen molar-refractivity contribution in [3.63, 3.8) is 0 Å². The highest BCUT2D eigenvalue weighted by atomic mass is 16.3. The fourth-order valence-corrected chi connectivity index (χ4v) is 4.05. The van der Waals surface area contributed by atoms with Crippen molar-refractivity contribution in [3.8, 4) is 11.3 Å². The zero-order valence-electron chi connectivity index (χ0n) is 13.0. The number of para-hydroxylation sites is 1. The maximum Gasteiger partial charge on any atom is 0.0911 e. The van der Waals surface area contributed by atoms with Gasteiger partial charge in [0.2, 0.25) is 0 Å². The van der Waals surface area contributed by atoms with E-state index in [0.717, 1.165) is 30.6 Å². The van der Waals surface area contributed by atoms with Crippen LogP contribution >= 0.6 is 0 Å². The van der Waals surface area contributed by atoms with Crippen molar-refractivity contribution < 1.29 is 5.11 Å². The second-order valence-corrected chi connectivity index (χ2v) is 6.45. The third-order valence-corrected chi connectivity index (χ3v) is 5.30. The first-order valence-corrected chi connectivity index (χ1v) is 8.29. The molecule has 1 aromatic carbocycles. The van der Waals surface area contributed by atoms with Crippen LogP contribution in [0.25, 0.3) is 22.2 Å². The molecule has 0 spiro atoms. The van der Waals surface area contributed by atoms with E-state index in [1.807, 2.05) is 0 Å². The van der Waals surface area contributed by atoms with Crippen LogP contribution in [0.2, 0.25) is 0 Å². The standard InChI is InChI=1S/C19H22N2O/c1-2-13-12-21-9-7-16-15-5-3-4-6-17(15)20-19(16)18(21)11-14(13)8-10-22/h3-7,9,13-14,22H,2,8,10-12H2,1H3/t13-,14-/m0/s1. The molecule has 0 aliphatic carbocycles. The van der Waals surface area contributed by atoms with E-state index in [0.29, 0.717) is 11.8 Å². The SMILES string of the molecule is CC[C@H]1Cn2ccc3c4ccccc4nc-3c2C[C@@H]1CCO. The summed E-state index contributed by atoms with van der Waals surface area (Å²) in [5, 5.41) is 10.6. The summed E-state index contributed by atoms with van der Waals surface area (Å²) < 4.78 is 2.39. The average molecular weight is 294 g/mol. The Balaban J connectivity index is 1.86. The van der Waals surface area contributed by atoms with E-state index >= 15 is 0 Å². The quantitative estimate of drug-likeness (QED) is 0.799. The number of hydrogen-bond acceptors (Lipinski definition) is 2. The van der Waals surface area contributed by atoms with Gasteiger partial charge in [-0.15, -0.1) is 0 Å². The highest BCUT2D eigenvalue weighted by Crippen LogP contribution is 2.39. The molecule has 0 unspecified atom stereocenters. The molecule has 0 bridgehead atoms. The number of aromatic nitrogens is 2. The van der Waals surface area contributed by atoms with Crippen LogP contribution in [0.1, 0.15) is 25.5 Å². The number of pyridine rings is 1. The molecular weight excluding hydrogens is 272 g/mol. The lowest BCUT2D eigenvalue weighted by Crippen LogP contribution is -2.31. The van der Waals surface area contributed by atoms with Gasteiger partial charge in [0, 0.05) is 36.0 Å². The molecule has 0 aromatic heterocycles.